The molecule has 0 aliphatic carbocycles. The monoisotopic (exact) mass is 290 g/mol. The molecule has 112 valence electrons. The molecule has 0 aliphatic rings. The summed E-state index contributed by atoms with van der Waals surface area (Å²) in [6.07, 6.45) is 1.48. The van der Waals surface area contributed by atoms with E-state index >= 15 is 0 Å². The minimum Gasteiger partial charge on any atom is -0.497 e. The van der Waals surface area contributed by atoms with Crippen LogP contribution in [0.4, 0.5) is 0 Å². The third kappa shape index (κ3) is 3.19. The average Bonchev–Trinajstić information content (AvgIpc) is 2.96. The fourth-order valence-corrected chi connectivity index (χ4v) is 2.09. The molecule has 2 unspecified atom stereocenters. The van der Waals surface area contributed by atoms with Crippen LogP contribution in [0.25, 0.3) is 0 Å². The van der Waals surface area contributed by atoms with Gasteiger partial charge in [0.1, 0.15) is 12.1 Å². The van der Waals surface area contributed by atoms with Gasteiger partial charge in [0.15, 0.2) is 0 Å². The maximum Gasteiger partial charge on any atom is 0.377 e. The lowest BCUT2D eigenvalue weighted by atomic mass is 10.0. The van der Waals surface area contributed by atoms with E-state index in [1.165, 1.54) is 13.4 Å². The predicted octanol–water partition coefficient (Wildman–Crippen LogP) is 1.01. The number of hydrogen-bond donors (Lipinski definition) is 1. The van der Waals surface area contributed by atoms with Crippen molar-refractivity contribution in [2.45, 2.75) is 19.0 Å². The van der Waals surface area contributed by atoms with Gasteiger partial charge in [0.2, 0.25) is 0 Å². The van der Waals surface area contributed by atoms with Crippen LogP contribution in [-0.2, 0) is 4.74 Å². The number of aromatic nitrogens is 3. The largest absolute Gasteiger partial charge is 0.497 e. The summed E-state index contributed by atoms with van der Waals surface area (Å²) in [5.74, 6) is 0.194. The van der Waals surface area contributed by atoms with Gasteiger partial charge in [-0.3, -0.25) is 0 Å². The van der Waals surface area contributed by atoms with Crippen molar-refractivity contribution in [2.75, 3.05) is 14.2 Å². The lowest BCUT2D eigenvalue weighted by molar-refractivity contribution is 0.0586. The predicted molar refractivity (Wildman–Crippen MR) is 76.1 cm³/mol. The standard InChI is InChI=1S/C14H18N4O3/c1-9(15)12(10-4-6-11(20-2)7-5-10)18-8-16-13(17-18)14(19)21-3/h4-9,12H,15H2,1-3H3. The highest BCUT2D eigenvalue weighted by atomic mass is 16.5. The summed E-state index contributed by atoms with van der Waals surface area (Å²) >= 11 is 0. The van der Waals surface area contributed by atoms with Gasteiger partial charge in [-0.25, -0.2) is 14.5 Å². The van der Waals surface area contributed by atoms with Crippen molar-refractivity contribution in [3.05, 3.63) is 42.0 Å². The molecule has 2 rings (SSSR count). The highest BCUT2D eigenvalue weighted by molar-refractivity contribution is 5.84. The van der Waals surface area contributed by atoms with Gasteiger partial charge in [-0.05, 0) is 24.6 Å². The maximum absolute atomic E-state index is 11.4. The molecule has 7 nitrogen and oxygen atoms in total. The Morgan fingerprint density at radius 2 is 1.95 bits per heavy atom. The fourth-order valence-electron chi connectivity index (χ4n) is 2.09. The van der Waals surface area contributed by atoms with E-state index in [1.54, 1.807) is 11.8 Å². The van der Waals surface area contributed by atoms with Gasteiger partial charge in [0.25, 0.3) is 5.82 Å². The van der Waals surface area contributed by atoms with Gasteiger partial charge < -0.3 is 15.2 Å². The van der Waals surface area contributed by atoms with Crippen LogP contribution in [0.5, 0.6) is 5.75 Å². The van der Waals surface area contributed by atoms with Crippen LogP contribution in [0.2, 0.25) is 0 Å². The van der Waals surface area contributed by atoms with Crippen LogP contribution in [0.15, 0.2) is 30.6 Å². The Bertz CT molecular complexity index is 607. The Kier molecular flexibility index (Phi) is 4.54. The SMILES string of the molecule is COC(=O)c1ncn(C(c2ccc(OC)cc2)C(C)N)n1. The summed E-state index contributed by atoms with van der Waals surface area (Å²) in [6, 6.07) is 7.07. The van der Waals surface area contributed by atoms with Crippen LogP contribution < -0.4 is 10.5 Å². The van der Waals surface area contributed by atoms with Crippen LogP contribution in [-0.4, -0.2) is 41.0 Å². The first-order valence-corrected chi connectivity index (χ1v) is 6.45. The number of nitrogens with zero attached hydrogens (tertiary/aromatic N) is 3. The summed E-state index contributed by atoms with van der Waals surface area (Å²) in [5, 5.41) is 4.14. The highest BCUT2D eigenvalue weighted by Crippen LogP contribution is 2.23. The molecule has 21 heavy (non-hydrogen) atoms. The van der Waals surface area contributed by atoms with Crippen molar-refractivity contribution in [2.24, 2.45) is 5.73 Å². The van der Waals surface area contributed by atoms with Gasteiger partial charge in [-0.1, -0.05) is 12.1 Å². The number of esters is 1. The van der Waals surface area contributed by atoms with Crippen molar-refractivity contribution in [3.8, 4) is 5.75 Å². The molecule has 1 heterocycles. The number of nitrogens with two attached hydrogens (primary N) is 1. The summed E-state index contributed by atoms with van der Waals surface area (Å²) < 4.78 is 11.3. The lowest BCUT2D eigenvalue weighted by Gasteiger charge is -2.21. The van der Waals surface area contributed by atoms with E-state index in [0.29, 0.717) is 0 Å². The summed E-state index contributed by atoms with van der Waals surface area (Å²) in [5.41, 5.74) is 7.00. The smallest absolute Gasteiger partial charge is 0.377 e. The molecule has 0 amide bonds. The first kappa shape index (κ1) is 15.0. The Labute approximate surface area is 122 Å². The fraction of sp³-hybridized carbons (Fsp3) is 0.357. The van der Waals surface area contributed by atoms with Gasteiger partial charge in [0, 0.05) is 6.04 Å². The number of benzene rings is 1. The number of methoxy groups -OCH3 is 2. The number of ether oxygens (including phenoxy) is 2. The van der Waals surface area contributed by atoms with E-state index < -0.39 is 5.97 Å². The Balaban J connectivity index is 2.34. The summed E-state index contributed by atoms with van der Waals surface area (Å²) in [6.45, 7) is 1.87. The number of hydrogen-bond acceptors (Lipinski definition) is 6. The Morgan fingerprint density at radius 1 is 1.29 bits per heavy atom. The zero-order valence-electron chi connectivity index (χ0n) is 12.2. The van der Waals surface area contributed by atoms with Gasteiger partial charge >= 0.3 is 5.97 Å². The highest BCUT2D eigenvalue weighted by Gasteiger charge is 2.22. The van der Waals surface area contributed by atoms with Crippen molar-refractivity contribution >= 4 is 5.97 Å². The summed E-state index contributed by atoms with van der Waals surface area (Å²) in [4.78, 5) is 15.4. The maximum atomic E-state index is 11.4. The normalized spacial score (nSPS) is 13.5. The molecule has 1 aromatic heterocycles. The van der Waals surface area contributed by atoms with Crippen molar-refractivity contribution in [1.29, 1.82) is 0 Å². The van der Waals surface area contributed by atoms with E-state index in [2.05, 4.69) is 14.8 Å². The second-order valence-corrected chi connectivity index (χ2v) is 4.62. The number of carbonyl (C=O) groups is 1. The molecule has 2 aromatic rings. The topological polar surface area (TPSA) is 92.3 Å². The molecule has 0 fully saturated rings. The van der Waals surface area contributed by atoms with Crippen molar-refractivity contribution in [3.63, 3.8) is 0 Å². The Hall–Kier alpha value is -2.41. The third-order valence-corrected chi connectivity index (χ3v) is 3.12. The van der Waals surface area contributed by atoms with E-state index in [0.717, 1.165) is 11.3 Å². The van der Waals surface area contributed by atoms with Crippen LogP contribution in [0.3, 0.4) is 0 Å². The van der Waals surface area contributed by atoms with Gasteiger partial charge in [0.05, 0.1) is 20.3 Å². The molecule has 2 N–H and O–H groups in total. The first-order valence-electron chi connectivity index (χ1n) is 6.45. The molecule has 0 saturated heterocycles. The molecule has 0 radical (unpaired) electrons. The molecule has 0 saturated carbocycles. The average molecular weight is 290 g/mol. The second-order valence-electron chi connectivity index (χ2n) is 4.62. The summed E-state index contributed by atoms with van der Waals surface area (Å²) in [7, 11) is 2.90. The molecule has 0 aliphatic heterocycles. The molecule has 2 atom stereocenters. The number of rotatable bonds is 5. The zero-order chi connectivity index (χ0) is 15.4. The van der Waals surface area contributed by atoms with Crippen LogP contribution >= 0.6 is 0 Å². The van der Waals surface area contributed by atoms with Gasteiger partial charge in [-0.15, -0.1) is 5.10 Å². The molecule has 7 heteroatoms. The minimum absolute atomic E-state index is 0.0108. The quantitative estimate of drug-likeness (QED) is 0.826. The van der Waals surface area contributed by atoms with Crippen molar-refractivity contribution in [1.82, 2.24) is 14.8 Å². The van der Waals surface area contributed by atoms with E-state index in [-0.39, 0.29) is 17.9 Å². The van der Waals surface area contributed by atoms with Crippen LogP contribution in [0, 0.1) is 0 Å². The molecule has 0 spiro atoms. The van der Waals surface area contributed by atoms with E-state index in [9.17, 15) is 4.79 Å². The first-order chi connectivity index (χ1) is 10.1. The van der Waals surface area contributed by atoms with Crippen molar-refractivity contribution < 1.29 is 14.3 Å². The van der Waals surface area contributed by atoms with Crippen LogP contribution in [0.1, 0.15) is 29.1 Å². The minimum atomic E-state index is -0.577. The Morgan fingerprint density at radius 3 is 2.48 bits per heavy atom. The zero-order valence-corrected chi connectivity index (χ0v) is 12.2. The third-order valence-electron chi connectivity index (χ3n) is 3.12. The molecular weight excluding hydrogens is 272 g/mol. The molecule has 1 aromatic carbocycles. The second kappa shape index (κ2) is 6.36. The molecular formula is C14H18N4O3. The number of carbonyl (C=O) groups excluding carboxylic acids is 1. The lowest BCUT2D eigenvalue weighted by Crippen LogP contribution is -2.30. The van der Waals surface area contributed by atoms with E-state index in [1.807, 2.05) is 31.2 Å². The van der Waals surface area contributed by atoms with Gasteiger partial charge in [-0.2, -0.15) is 0 Å². The van der Waals surface area contributed by atoms with E-state index in [4.69, 9.17) is 10.5 Å². The molecule has 0 bridgehead atoms.